The van der Waals surface area contributed by atoms with Crippen LogP contribution in [0.3, 0.4) is 0 Å². The van der Waals surface area contributed by atoms with Crippen LogP contribution in [0.1, 0.15) is 42.5 Å². The Bertz CT molecular complexity index is 619. The zero-order chi connectivity index (χ0) is 15.5. The highest BCUT2D eigenvalue weighted by Crippen LogP contribution is 2.25. The van der Waals surface area contributed by atoms with E-state index in [9.17, 15) is 0 Å². The van der Waals surface area contributed by atoms with Crippen LogP contribution in [0.5, 0.6) is 0 Å². The van der Waals surface area contributed by atoms with Crippen LogP contribution in [0.25, 0.3) is 0 Å². The highest BCUT2D eigenvalue weighted by Gasteiger charge is 2.19. The zero-order valence-corrected chi connectivity index (χ0v) is 14.3. The van der Waals surface area contributed by atoms with Crippen molar-refractivity contribution in [3.8, 4) is 0 Å². The molecule has 0 bridgehead atoms. The van der Waals surface area contributed by atoms with Gasteiger partial charge < -0.3 is 5.32 Å². The largest absolute Gasteiger partial charge is 0.300 e. The first-order valence-corrected chi connectivity index (χ1v) is 8.70. The molecule has 0 amide bonds. The van der Waals surface area contributed by atoms with E-state index in [1.165, 1.54) is 30.7 Å². The molecule has 0 spiro atoms. The molecule has 5 nitrogen and oxygen atoms in total. The van der Waals surface area contributed by atoms with Gasteiger partial charge in [-0.05, 0) is 46.2 Å². The van der Waals surface area contributed by atoms with Crippen LogP contribution < -0.4 is 5.32 Å². The van der Waals surface area contributed by atoms with Crippen LogP contribution in [0.4, 0.5) is 11.1 Å². The van der Waals surface area contributed by atoms with Crippen LogP contribution in [0, 0.1) is 13.8 Å². The first-order valence-electron chi connectivity index (χ1n) is 7.88. The Hall–Kier alpha value is -1.53. The number of nitrogens with one attached hydrogen (secondary N) is 1. The molecule has 1 fully saturated rings. The maximum absolute atomic E-state index is 4.46. The van der Waals surface area contributed by atoms with Gasteiger partial charge in [0, 0.05) is 35.0 Å². The molecule has 3 rings (SSSR count). The van der Waals surface area contributed by atoms with Crippen LogP contribution in [0.2, 0.25) is 0 Å². The lowest BCUT2D eigenvalue weighted by Crippen LogP contribution is -2.36. The second-order valence-corrected chi connectivity index (χ2v) is 7.16. The average Bonchev–Trinajstić information content (AvgIpc) is 2.87. The van der Waals surface area contributed by atoms with Gasteiger partial charge in [0.2, 0.25) is 5.95 Å². The number of aromatic nitrogens is 3. The van der Waals surface area contributed by atoms with Crippen molar-refractivity contribution in [2.24, 2.45) is 0 Å². The normalized spacial score (nSPS) is 19.3. The number of hydrogen-bond donors (Lipinski definition) is 1. The van der Waals surface area contributed by atoms with E-state index in [0.717, 1.165) is 23.1 Å². The Labute approximate surface area is 135 Å². The summed E-state index contributed by atoms with van der Waals surface area (Å²) in [5.74, 6) is 0.629. The smallest absolute Gasteiger partial charge is 0.229 e. The summed E-state index contributed by atoms with van der Waals surface area (Å²) in [6.45, 7) is 8.47. The molecule has 0 aromatic carbocycles. The first-order chi connectivity index (χ1) is 10.6. The van der Waals surface area contributed by atoms with E-state index < -0.39 is 0 Å². The predicted molar refractivity (Wildman–Crippen MR) is 90.6 cm³/mol. The SMILES string of the molecule is Cc1cc(C)nc(Nc2ncc(CN3CCCCC3C)s2)n1. The first kappa shape index (κ1) is 15.4. The van der Waals surface area contributed by atoms with Crippen molar-refractivity contribution in [3.63, 3.8) is 0 Å². The fourth-order valence-corrected chi connectivity index (χ4v) is 3.74. The van der Waals surface area contributed by atoms with Crippen molar-refractivity contribution in [2.45, 2.75) is 52.6 Å². The third kappa shape index (κ3) is 3.81. The lowest BCUT2D eigenvalue weighted by molar-refractivity contribution is 0.154. The van der Waals surface area contributed by atoms with Gasteiger partial charge in [-0.1, -0.05) is 6.42 Å². The number of likely N-dealkylation sites (tertiary alicyclic amines) is 1. The van der Waals surface area contributed by atoms with E-state index in [2.05, 4.69) is 32.1 Å². The van der Waals surface area contributed by atoms with Gasteiger partial charge in [-0.25, -0.2) is 15.0 Å². The number of rotatable bonds is 4. The molecule has 1 atom stereocenters. The topological polar surface area (TPSA) is 53.9 Å². The number of anilines is 2. The van der Waals surface area contributed by atoms with Gasteiger partial charge in [0.1, 0.15) is 0 Å². The van der Waals surface area contributed by atoms with Gasteiger partial charge in [-0.15, -0.1) is 11.3 Å². The summed E-state index contributed by atoms with van der Waals surface area (Å²) in [5, 5.41) is 4.09. The van der Waals surface area contributed by atoms with Crippen LogP contribution in [0.15, 0.2) is 12.3 Å². The Kier molecular flexibility index (Phi) is 4.69. The van der Waals surface area contributed by atoms with Crippen molar-refractivity contribution >= 4 is 22.4 Å². The Morgan fingerprint density at radius 3 is 2.77 bits per heavy atom. The van der Waals surface area contributed by atoms with Gasteiger partial charge in [-0.3, -0.25) is 4.90 Å². The molecule has 0 radical (unpaired) electrons. The highest BCUT2D eigenvalue weighted by atomic mass is 32.1. The maximum Gasteiger partial charge on any atom is 0.229 e. The molecule has 2 aromatic rings. The molecule has 6 heteroatoms. The summed E-state index contributed by atoms with van der Waals surface area (Å²) >= 11 is 1.69. The molecule has 22 heavy (non-hydrogen) atoms. The summed E-state index contributed by atoms with van der Waals surface area (Å²) in [4.78, 5) is 17.1. The molecule has 1 unspecified atom stereocenters. The summed E-state index contributed by atoms with van der Waals surface area (Å²) < 4.78 is 0. The Balaban J connectivity index is 1.65. The molecule has 0 aliphatic carbocycles. The summed E-state index contributed by atoms with van der Waals surface area (Å²) in [6, 6.07) is 2.64. The lowest BCUT2D eigenvalue weighted by Gasteiger charge is -2.32. The fraction of sp³-hybridized carbons (Fsp3) is 0.562. The molecule has 1 saturated heterocycles. The molecule has 118 valence electrons. The molecule has 1 N–H and O–H groups in total. The van der Waals surface area contributed by atoms with Crippen molar-refractivity contribution in [3.05, 3.63) is 28.5 Å². The molecule has 0 saturated carbocycles. The lowest BCUT2D eigenvalue weighted by atomic mass is 10.0. The van der Waals surface area contributed by atoms with E-state index in [0.29, 0.717) is 12.0 Å². The molecule has 2 aromatic heterocycles. The van der Waals surface area contributed by atoms with Crippen molar-refractivity contribution in [1.82, 2.24) is 19.9 Å². The van der Waals surface area contributed by atoms with Gasteiger partial charge in [0.15, 0.2) is 5.13 Å². The van der Waals surface area contributed by atoms with E-state index in [-0.39, 0.29) is 0 Å². The minimum atomic E-state index is 0.629. The third-order valence-electron chi connectivity index (χ3n) is 4.05. The minimum Gasteiger partial charge on any atom is -0.300 e. The quantitative estimate of drug-likeness (QED) is 0.932. The van der Waals surface area contributed by atoms with E-state index in [1.807, 2.05) is 26.1 Å². The highest BCUT2D eigenvalue weighted by molar-refractivity contribution is 7.15. The van der Waals surface area contributed by atoms with Crippen molar-refractivity contribution < 1.29 is 0 Å². The van der Waals surface area contributed by atoms with Crippen molar-refractivity contribution in [2.75, 3.05) is 11.9 Å². The van der Waals surface area contributed by atoms with E-state index in [4.69, 9.17) is 0 Å². The second kappa shape index (κ2) is 6.71. The summed E-state index contributed by atoms with van der Waals surface area (Å²) in [5.41, 5.74) is 1.93. The predicted octanol–water partition coefficient (Wildman–Crippen LogP) is 3.67. The summed E-state index contributed by atoms with van der Waals surface area (Å²) in [7, 11) is 0. The van der Waals surface area contributed by atoms with Crippen LogP contribution >= 0.6 is 11.3 Å². The molecular formula is C16H23N5S. The fourth-order valence-electron chi connectivity index (χ4n) is 2.91. The number of piperidine rings is 1. The molecular weight excluding hydrogens is 294 g/mol. The minimum absolute atomic E-state index is 0.629. The van der Waals surface area contributed by atoms with Gasteiger partial charge in [0.25, 0.3) is 0 Å². The zero-order valence-electron chi connectivity index (χ0n) is 13.5. The van der Waals surface area contributed by atoms with E-state index >= 15 is 0 Å². The maximum atomic E-state index is 4.46. The average molecular weight is 317 g/mol. The van der Waals surface area contributed by atoms with E-state index in [1.54, 1.807) is 11.3 Å². The van der Waals surface area contributed by atoms with Crippen LogP contribution in [-0.2, 0) is 6.54 Å². The Morgan fingerprint density at radius 2 is 2.05 bits per heavy atom. The number of thiazole rings is 1. The number of aryl methyl sites for hydroxylation is 2. The third-order valence-corrected chi connectivity index (χ3v) is 4.95. The second-order valence-electron chi connectivity index (χ2n) is 6.05. The van der Waals surface area contributed by atoms with Gasteiger partial charge in [0.05, 0.1) is 0 Å². The molecule has 3 heterocycles. The monoisotopic (exact) mass is 317 g/mol. The summed E-state index contributed by atoms with van der Waals surface area (Å²) in [6.07, 6.45) is 5.94. The standard InChI is InChI=1S/C16H23N5S/c1-11-8-12(2)19-15(18-11)20-16-17-9-14(22-16)10-21-7-5-4-6-13(21)3/h8-9,13H,4-7,10H2,1-3H3,(H,17,18,19,20). The number of hydrogen-bond acceptors (Lipinski definition) is 6. The van der Waals surface area contributed by atoms with Crippen LogP contribution in [-0.4, -0.2) is 32.4 Å². The number of nitrogens with zero attached hydrogens (tertiary/aromatic N) is 4. The molecule has 1 aliphatic heterocycles. The Morgan fingerprint density at radius 1 is 1.27 bits per heavy atom. The molecule has 1 aliphatic rings. The van der Waals surface area contributed by atoms with Crippen molar-refractivity contribution in [1.29, 1.82) is 0 Å². The van der Waals surface area contributed by atoms with Gasteiger partial charge >= 0.3 is 0 Å². The van der Waals surface area contributed by atoms with Gasteiger partial charge in [-0.2, -0.15) is 0 Å².